The number of nitrogens with one attached hydrogen (secondary N) is 1. The molecule has 0 aliphatic carbocycles. The Morgan fingerprint density at radius 2 is 1.88 bits per heavy atom. The highest BCUT2D eigenvalue weighted by molar-refractivity contribution is 6.01. The molecule has 1 heterocycles. The molecule has 4 rings (SSSR count). The summed E-state index contributed by atoms with van der Waals surface area (Å²) in [6.07, 6.45) is 4.38. The Morgan fingerprint density at radius 3 is 2.62 bits per heavy atom. The molecule has 0 radical (unpaired) electrons. The third kappa shape index (κ3) is 4.54. The number of benzene rings is 3. The van der Waals surface area contributed by atoms with Gasteiger partial charge in [-0.25, -0.2) is 0 Å². The lowest BCUT2D eigenvalue weighted by atomic mass is 9.97. The molecule has 0 aliphatic heterocycles. The molecule has 4 nitrogen and oxygen atoms in total. The predicted molar refractivity (Wildman–Crippen MR) is 132 cm³/mol. The molecule has 32 heavy (non-hydrogen) atoms. The van der Waals surface area contributed by atoms with Gasteiger partial charge in [0.05, 0.1) is 13.4 Å². The van der Waals surface area contributed by atoms with Gasteiger partial charge in [0.1, 0.15) is 11.3 Å². The summed E-state index contributed by atoms with van der Waals surface area (Å²) in [7, 11) is 1.63. The molecular formula is C28H29NO3. The number of hydrogen-bond acceptors (Lipinski definition) is 3. The molecule has 3 aromatic carbocycles. The molecular weight excluding hydrogens is 398 g/mol. The van der Waals surface area contributed by atoms with Crippen LogP contribution in [0.5, 0.6) is 5.75 Å². The van der Waals surface area contributed by atoms with Gasteiger partial charge >= 0.3 is 0 Å². The zero-order valence-electron chi connectivity index (χ0n) is 19.1. The fourth-order valence-corrected chi connectivity index (χ4v) is 3.92. The van der Waals surface area contributed by atoms with Gasteiger partial charge in [-0.05, 0) is 53.3 Å². The van der Waals surface area contributed by atoms with E-state index in [2.05, 4.69) is 55.6 Å². The van der Waals surface area contributed by atoms with Gasteiger partial charge in [0, 0.05) is 35.2 Å². The van der Waals surface area contributed by atoms with E-state index in [1.165, 1.54) is 10.8 Å². The molecule has 0 unspecified atom stereocenters. The van der Waals surface area contributed by atoms with Gasteiger partial charge in [0.25, 0.3) is 0 Å². The van der Waals surface area contributed by atoms with Crippen LogP contribution in [0.15, 0.2) is 71.4 Å². The van der Waals surface area contributed by atoms with E-state index in [1.807, 2.05) is 25.1 Å². The van der Waals surface area contributed by atoms with Crippen molar-refractivity contribution in [3.63, 3.8) is 0 Å². The van der Waals surface area contributed by atoms with Gasteiger partial charge in [-0.15, -0.1) is 0 Å². The van der Waals surface area contributed by atoms with Crippen molar-refractivity contribution in [2.24, 2.45) is 5.92 Å². The maximum Gasteiger partial charge on any atom is 0.244 e. The topological polar surface area (TPSA) is 51.5 Å². The smallest absolute Gasteiger partial charge is 0.244 e. The quantitative estimate of drug-likeness (QED) is 0.329. The lowest BCUT2D eigenvalue weighted by molar-refractivity contribution is -0.116. The third-order valence-electron chi connectivity index (χ3n) is 5.75. The Bertz CT molecular complexity index is 1300. The summed E-state index contributed by atoms with van der Waals surface area (Å²) in [4.78, 5) is 12.4. The van der Waals surface area contributed by atoms with Crippen molar-refractivity contribution in [1.29, 1.82) is 0 Å². The second kappa shape index (κ2) is 9.31. The normalized spacial score (nSPS) is 12.0. The number of amides is 1. The van der Waals surface area contributed by atoms with Gasteiger partial charge in [-0.1, -0.05) is 50.2 Å². The maximum absolute atomic E-state index is 12.4. The summed E-state index contributed by atoms with van der Waals surface area (Å²) in [5.41, 5.74) is 4.58. The third-order valence-corrected chi connectivity index (χ3v) is 5.75. The molecule has 0 saturated heterocycles. The van der Waals surface area contributed by atoms with Gasteiger partial charge < -0.3 is 14.5 Å². The lowest BCUT2D eigenvalue weighted by Crippen LogP contribution is -2.23. The van der Waals surface area contributed by atoms with Crippen LogP contribution < -0.4 is 10.1 Å². The number of furan rings is 1. The Morgan fingerprint density at radius 1 is 1.09 bits per heavy atom. The van der Waals surface area contributed by atoms with Crippen LogP contribution in [-0.2, 0) is 4.79 Å². The van der Waals surface area contributed by atoms with E-state index in [1.54, 1.807) is 19.4 Å². The highest BCUT2D eigenvalue weighted by atomic mass is 16.5. The summed E-state index contributed by atoms with van der Waals surface area (Å²) < 4.78 is 11.5. The van der Waals surface area contributed by atoms with Crippen LogP contribution in [-0.4, -0.2) is 19.6 Å². The summed E-state index contributed by atoms with van der Waals surface area (Å²) in [5, 5.41) is 6.34. The molecule has 0 saturated carbocycles. The first-order chi connectivity index (χ1) is 15.5. The first kappa shape index (κ1) is 21.7. The second-order valence-corrected chi connectivity index (χ2v) is 8.56. The molecule has 4 aromatic rings. The SMILES string of the molecule is COc1cc2occ(-c3ccc4ccccc4c3)c2cc1/C(C)=C/C(=O)NCCC(C)C. The largest absolute Gasteiger partial charge is 0.496 e. The molecule has 164 valence electrons. The van der Waals surface area contributed by atoms with Gasteiger partial charge in [-0.2, -0.15) is 0 Å². The highest BCUT2D eigenvalue weighted by Gasteiger charge is 2.15. The van der Waals surface area contributed by atoms with Crippen molar-refractivity contribution in [2.45, 2.75) is 27.2 Å². The van der Waals surface area contributed by atoms with E-state index < -0.39 is 0 Å². The summed E-state index contributed by atoms with van der Waals surface area (Å²) in [5.74, 6) is 1.14. The summed E-state index contributed by atoms with van der Waals surface area (Å²) >= 11 is 0. The van der Waals surface area contributed by atoms with Crippen LogP contribution in [0.3, 0.4) is 0 Å². The van der Waals surface area contributed by atoms with Crippen molar-refractivity contribution in [1.82, 2.24) is 5.32 Å². The van der Waals surface area contributed by atoms with E-state index in [0.29, 0.717) is 18.2 Å². The Hall–Kier alpha value is -3.53. The van der Waals surface area contributed by atoms with E-state index in [4.69, 9.17) is 9.15 Å². The van der Waals surface area contributed by atoms with Crippen LogP contribution in [0, 0.1) is 5.92 Å². The molecule has 1 amide bonds. The minimum absolute atomic E-state index is 0.0905. The van der Waals surface area contributed by atoms with E-state index >= 15 is 0 Å². The van der Waals surface area contributed by atoms with E-state index in [-0.39, 0.29) is 5.91 Å². The number of allylic oxidation sites excluding steroid dienone is 1. The minimum Gasteiger partial charge on any atom is -0.496 e. The number of ether oxygens (including phenoxy) is 1. The van der Waals surface area contributed by atoms with Crippen LogP contribution >= 0.6 is 0 Å². The number of carbonyl (C=O) groups is 1. The Kier molecular flexibility index (Phi) is 6.31. The molecule has 0 bridgehead atoms. The van der Waals surface area contributed by atoms with E-state index in [9.17, 15) is 4.79 Å². The maximum atomic E-state index is 12.4. The van der Waals surface area contributed by atoms with Gasteiger partial charge in [0.15, 0.2) is 0 Å². The standard InChI is InChI=1S/C28H29NO3/c1-18(2)11-12-29-28(30)13-19(3)23-15-24-25(17-32-27(24)16-26(23)31-4)22-10-9-20-7-5-6-8-21(20)14-22/h5-10,13-18H,11-12H2,1-4H3,(H,29,30)/b19-13+. The van der Waals surface area contributed by atoms with Crippen molar-refractivity contribution in [2.75, 3.05) is 13.7 Å². The molecule has 0 atom stereocenters. The van der Waals surface area contributed by atoms with E-state index in [0.717, 1.165) is 39.7 Å². The van der Waals surface area contributed by atoms with Crippen molar-refractivity contribution in [3.05, 3.63) is 72.5 Å². The van der Waals surface area contributed by atoms with Crippen LogP contribution in [0.2, 0.25) is 0 Å². The highest BCUT2D eigenvalue weighted by Crippen LogP contribution is 2.38. The van der Waals surface area contributed by atoms with Crippen molar-refractivity contribution < 1.29 is 13.9 Å². The van der Waals surface area contributed by atoms with Crippen molar-refractivity contribution >= 4 is 33.2 Å². The Balaban J connectivity index is 1.71. The minimum atomic E-state index is -0.0905. The Labute approximate surface area is 188 Å². The summed E-state index contributed by atoms with van der Waals surface area (Å²) in [6, 6.07) is 18.7. The lowest BCUT2D eigenvalue weighted by Gasteiger charge is -2.11. The second-order valence-electron chi connectivity index (χ2n) is 8.56. The number of carbonyl (C=O) groups excluding carboxylic acids is 1. The number of hydrogen-bond donors (Lipinski definition) is 1. The molecule has 1 N–H and O–H groups in total. The fraction of sp³-hybridized carbons (Fsp3) is 0.250. The monoisotopic (exact) mass is 427 g/mol. The van der Waals surface area contributed by atoms with Gasteiger partial charge in [0.2, 0.25) is 5.91 Å². The number of methoxy groups -OCH3 is 1. The molecule has 0 aliphatic rings. The average molecular weight is 428 g/mol. The molecule has 4 heteroatoms. The first-order valence-corrected chi connectivity index (χ1v) is 11.0. The fourth-order valence-electron chi connectivity index (χ4n) is 3.92. The average Bonchev–Trinajstić information content (AvgIpc) is 3.20. The van der Waals surface area contributed by atoms with Gasteiger partial charge in [-0.3, -0.25) is 4.79 Å². The predicted octanol–water partition coefficient (Wildman–Crippen LogP) is 6.83. The molecule has 0 fully saturated rings. The van der Waals surface area contributed by atoms with Crippen LogP contribution in [0.25, 0.3) is 38.4 Å². The number of rotatable bonds is 7. The summed E-state index contributed by atoms with van der Waals surface area (Å²) in [6.45, 7) is 6.89. The molecule has 0 spiro atoms. The number of fused-ring (bicyclic) bond motifs is 2. The van der Waals surface area contributed by atoms with Crippen LogP contribution in [0.4, 0.5) is 0 Å². The van der Waals surface area contributed by atoms with Crippen LogP contribution in [0.1, 0.15) is 32.8 Å². The van der Waals surface area contributed by atoms with Crippen molar-refractivity contribution in [3.8, 4) is 16.9 Å². The zero-order valence-corrected chi connectivity index (χ0v) is 19.1. The zero-order chi connectivity index (χ0) is 22.7. The first-order valence-electron chi connectivity index (χ1n) is 11.0. The molecule has 1 aromatic heterocycles.